The Kier molecular flexibility index (Phi) is 2.90. The summed E-state index contributed by atoms with van der Waals surface area (Å²) in [6, 6.07) is 20.1. The molecular formula is C19H14N6. The van der Waals surface area contributed by atoms with E-state index in [1.807, 2.05) is 72.3 Å². The lowest BCUT2D eigenvalue weighted by Crippen LogP contribution is -1.98. The lowest BCUT2D eigenvalue weighted by atomic mass is 10.1. The Balaban J connectivity index is 1.93. The van der Waals surface area contributed by atoms with Gasteiger partial charge in [0, 0.05) is 5.56 Å². The standard InChI is InChI=1S/C19H14N6/c1-13-21-19-16-17(14-8-4-2-5-9-14)23-25(15-10-6-3-7-11-15)18(16)20-12-24(19)22-13/h2-12H,1H3. The third-order valence-electron chi connectivity index (χ3n) is 4.16. The quantitative estimate of drug-likeness (QED) is 0.498. The fourth-order valence-corrected chi connectivity index (χ4v) is 3.07. The molecule has 2 aromatic carbocycles. The molecule has 6 heteroatoms. The maximum atomic E-state index is 4.86. The number of nitrogens with zero attached hydrogens (tertiary/aromatic N) is 6. The molecule has 0 spiro atoms. The summed E-state index contributed by atoms with van der Waals surface area (Å²) >= 11 is 0. The molecule has 0 saturated heterocycles. The Hall–Kier alpha value is -3.54. The average molecular weight is 326 g/mol. The van der Waals surface area contributed by atoms with Crippen molar-refractivity contribution >= 4 is 16.7 Å². The van der Waals surface area contributed by atoms with Gasteiger partial charge in [0.05, 0.1) is 11.1 Å². The van der Waals surface area contributed by atoms with Gasteiger partial charge in [0.2, 0.25) is 0 Å². The van der Waals surface area contributed by atoms with E-state index in [0.717, 1.165) is 33.6 Å². The zero-order chi connectivity index (χ0) is 16.8. The van der Waals surface area contributed by atoms with Crippen LogP contribution in [0.4, 0.5) is 0 Å². The Labute approximate surface area is 143 Å². The molecule has 3 aromatic heterocycles. The van der Waals surface area contributed by atoms with Crippen molar-refractivity contribution in [3.63, 3.8) is 0 Å². The van der Waals surface area contributed by atoms with Crippen molar-refractivity contribution in [3.05, 3.63) is 72.8 Å². The highest BCUT2D eigenvalue weighted by atomic mass is 15.4. The van der Waals surface area contributed by atoms with Gasteiger partial charge >= 0.3 is 0 Å². The predicted octanol–water partition coefficient (Wildman–Crippen LogP) is 3.44. The molecule has 0 atom stereocenters. The van der Waals surface area contributed by atoms with Gasteiger partial charge in [-0.05, 0) is 19.1 Å². The second-order valence-electron chi connectivity index (χ2n) is 5.83. The Bertz CT molecular complexity index is 1190. The van der Waals surface area contributed by atoms with Crippen LogP contribution in [0.3, 0.4) is 0 Å². The number of aromatic nitrogens is 6. The zero-order valence-electron chi connectivity index (χ0n) is 13.5. The van der Waals surface area contributed by atoms with E-state index in [9.17, 15) is 0 Å². The first-order chi connectivity index (χ1) is 12.3. The summed E-state index contributed by atoms with van der Waals surface area (Å²) in [5.74, 6) is 0.709. The fraction of sp³-hybridized carbons (Fsp3) is 0.0526. The predicted molar refractivity (Wildman–Crippen MR) is 95.6 cm³/mol. The highest BCUT2D eigenvalue weighted by Gasteiger charge is 2.19. The van der Waals surface area contributed by atoms with Gasteiger partial charge in [-0.3, -0.25) is 0 Å². The van der Waals surface area contributed by atoms with E-state index in [0.29, 0.717) is 5.82 Å². The van der Waals surface area contributed by atoms with Gasteiger partial charge in [-0.2, -0.15) is 10.2 Å². The molecule has 6 nitrogen and oxygen atoms in total. The molecule has 5 aromatic rings. The second-order valence-corrected chi connectivity index (χ2v) is 5.83. The molecule has 120 valence electrons. The van der Waals surface area contributed by atoms with Crippen LogP contribution in [0.2, 0.25) is 0 Å². The van der Waals surface area contributed by atoms with Crippen molar-refractivity contribution < 1.29 is 0 Å². The zero-order valence-corrected chi connectivity index (χ0v) is 13.5. The average Bonchev–Trinajstić information content (AvgIpc) is 3.23. The Morgan fingerprint density at radius 3 is 2.28 bits per heavy atom. The van der Waals surface area contributed by atoms with Crippen molar-refractivity contribution in [2.75, 3.05) is 0 Å². The lowest BCUT2D eigenvalue weighted by molar-refractivity contribution is 0.877. The van der Waals surface area contributed by atoms with E-state index >= 15 is 0 Å². The summed E-state index contributed by atoms with van der Waals surface area (Å²) < 4.78 is 3.57. The van der Waals surface area contributed by atoms with Gasteiger partial charge in [0.1, 0.15) is 17.8 Å². The summed E-state index contributed by atoms with van der Waals surface area (Å²) in [5, 5.41) is 10.1. The number of para-hydroxylation sites is 1. The minimum atomic E-state index is 0.709. The van der Waals surface area contributed by atoms with Crippen LogP contribution in [0.5, 0.6) is 0 Å². The van der Waals surface area contributed by atoms with Crippen LogP contribution in [0, 0.1) is 6.92 Å². The molecule has 0 bridgehead atoms. The summed E-state index contributed by atoms with van der Waals surface area (Å²) in [7, 11) is 0. The summed E-state index contributed by atoms with van der Waals surface area (Å²) in [6.07, 6.45) is 1.69. The molecule has 0 aliphatic carbocycles. The number of benzene rings is 2. The van der Waals surface area contributed by atoms with Crippen LogP contribution >= 0.6 is 0 Å². The Morgan fingerprint density at radius 1 is 0.800 bits per heavy atom. The smallest absolute Gasteiger partial charge is 0.170 e. The first kappa shape index (κ1) is 13.9. The SMILES string of the molecule is Cc1nc2c3c(-c4ccccc4)nn(-c4ccccc4)c3ncn2n1. The van der Waals surface area contributed by atoms with Gasteiger partial charge in [-0.25, -0.2) is 19.2 Å². The lowest BCUT2D eigenvalue weighted by Gasteiger charge is -2.01. The first-order valence-corrected chi connectivity index (χ1v) is 8.03. The van der Waals surface area contributed by atoms with Gasteiger partial charge in [0.15, 0.2) is 11.3 Å². The third-order valence-corrected chi connectivity index (χ3v) is 4.16. The van der Waals surface area contributed by atoms with Crippen molar-refractivity contribution in [3.8, 4) is 16.9 Å². The van der Waals surface area contributed by atoms with Crippen LogP contribution in [-0.4, -0.2) is 29.4 Å². The summed E-state index contributed by atoms with van der Waals surface area (Å²) in [5.41, 5.74) is 4.37. The van der Waals surface area contributed by atoms with Gasteiger partial charge in [0.25, 0.3) is 0 Å². The second kappa shape index (κ2) is 5.24. The number of hydrogen-bond donors (Lipinski definition) is 0. The number of aryl methyl sites for hydroxylation is 1. The highest BCUT2D eigenvalue weighted by Crippen LogP contribution is 2.30. The molecule has 0 radical (unpaired) electrons. The molecule has 3 heterocycles. The minimum absolute atomic E-state index is 0.709. The molecule has 5 rings (SSSR count). The van der Waals surface area contributed by atoms with Gasteiger partial charge < -0.3 is 0 Å². The normalized spacial score (nSPS) is 11.4. The molecule has 0 fully saturated rings. The summed E-state index contributed by atoms with van der Waals surface area (Å²) in [6.45, 7) is 1.88. The van der Waals surface area contributed by atoms with Crippen molar-refractivity contribution in [1.29, 1.82) is 0 Å². The molecule has 0 amide bonds. The van der Waals surface area contributed by atoms with Gasteiger partial charge in [-0.1, -0.05) is 48.5 Å². The molecule has 0 aliphatic rings. The topological polar surface area (TPSA) is 60.9 Å². The van der Waals surface area contributed by atoms with Crippen LogP contribution < -0.4 is 0 Å². The molecule has 0 N–H and O–H groups in total. The van der Waals surface area contributed by atoms with E-state index in [1.165, 1.54) is 0 Å². The van der Waals surface area contributed by atoms with Crippen molar-refractivity contribution in [1.82, 2.24) is 29.4 Å². The van der Waals surface area contributed by atoms with Crippen LogP contribution in [0.1, 0.15) is 5.82 Å². The number of hydrogen-bond acceptors (Lipinski definition) is 4. The van der Waals surface area contributed by atoms with E-state index in [2.05, 4.69) is 15.1 Å². The minimum Gasteiger partial charge on any atom is -0.216 e. The molecule has 0 aliphatic heterocycles. The van der Waals surface area contributed by atoms with Crippen LogP contribution in [0.25, 0.3) is 33.6 Å². The molecule has 0 unspecified atom stereocenters. The monoisotopic (exact) mass is 326 g/mol. The van der Waals surface area contributed by atoms with E-state index in [-0.39, 0.29) is 0 Å². The number of rotatable bonds is 2. The largest absolute Gasteiger partial charge is 0.216 e. The number of fused-ring (bicyclic) bond motifs is 3. The van der Waals surface area contributed by atoms with E-state index in [4.69, 9.17) is 5.10 Å². The third kappa shape index (κ3) is 2.11. The molecule has 0 saturated carbocycles. The molecular weight excluding hydrogens is 312 g/mol. The van der Waals surface area contributed by atoms with E-state index < -0.39 is 0 Å². The summed E-state index contributed by atoms with van der Waals surface area (Å²) in [4.78, 5) is 9.20. The van der Waals surface area contributed by atoms with Gasteiger partial charge in [-0.15, -0.1) is 0 Å². The van der Waals surface area contributed by atoms with E-state index in [1.54, 1.807) is 10.8 Å². The molecule has 25 heavy (non-hydrogen) atoms. The Morgan fingerprint density at radius 2 is 1.52 bits per heavy atom. The highest BCUT2D eigenvalue weighted by molar-refractivity contribution is 6.01. The fourth-order valence-electron chi connectivity index (χ4n) is 3.07. The maximum absolute atomic E-state index is 4.86. The van der Waals surface area contributed by atoms with Crippen LogP contribution in [0.15, 0.2) is 67.0 Å². The van der Waals surface area contributed by atoms with Crippen molar-refractivity contribution in [2.24, 2.45) is 0 Å². The van der Waals surface area contributed by atoms with Crippen molar-refractivity contribution in [2.45, 2.75) is 6.92 Å². The van der Waals surface area contributed by atoms with Crippen LogP contribution in [-0.2, 0) is 0 Å². The first-order valence-electron chi connectivity index (χ1n) is 8.03. The maximum Gasteiger partial charge on any atom is 0.170 e.